The lowest BCUT2D eigenvalue weighted by Crippen LogP contribution is -2.43. The van der Waals surface area contributed by atoms with E-state index in [1.54, 1.807) is 12.1 Å². The lowest BCUT2D eigenvalue weighted by molar-refractivity contribution is 0.00460. The van der Waals surface area contributed by atoms with Crippen LogP contribution in [0, 0.1) is 5.82 Å². The Labute approximate surface area is 94.5 Å². The molecule has 1 aromatic rings. The average Bonchev–Trinajstić information content (AvgIpc) is 2.87. The molecule has 0 bridgehead atoms. The SMILES string of the molecule is OC1(C2CCCN2)CCc2cc(F)ccc21. The van der Waals surface area contributed by atoms with Gasteiger partial charge in [0.25, 0.3) is 0 Å². The maximum absolute atomic E-state index is 13.1. The fraction of sp³-hybridized carbons (Fsp3) is 0.538. The van der Waals surface area contributed by atoms with Crippen molar-refractivity contribution in [3.8, 4) is 0 Å². The summed E-state index contributed by atoms with van der Waals surface area (Å²) in [5.74, 6) is -0.206. The summed E-state index contributed by atoms with van der Waals surface area (Å²) in [5.41, 5.74) is 1.11. The smallest absolute Gasteiger partial charge is 0.123 e. The van der Waals surface area contributed by atoms with Crippen LogP contribution in [0.15, 0.2) is 18.2 Å². The van der Waals surface area contributed by atoms with Gasteiger partial charge >= 0.3 is 0 Å². The third-order valence-corrected chi connectivity index (χ3v) is 3.95. The first kappa shape index (κ1) is 10.2. The molecule has 1 fully saturated rings. The average molecular weight is 221 g/mol. The summed E-state index contributed by atoms with van der Waals surface area (Å²) < 4.78 is 13.1. The summed E-state index contributed by atoms with van der Waals surface area (Å²) in [6.45, 7) is 0.976. The maximum atomic E-state index is 13.1. The van der Waals surface area contributed by atoms with E-state index in [1.807, 2.05) is 0 Å². The number of aryl methyl sites for hydroxylation is 1. The number of aliphatic hydroxyl groups is 1. The van der Waals surface area contributed by atoms with Gasteiger partial charge in [-0.1, -0.05) is 6.07 Å². The van der Waals surface area contributed by atoms with Crippen molar-refractivity contribution in [3.05, 3.63) is 35.1 Å². The van der Waals surface area contributed by atoms with Gasteiger partial charge in [0, 0.05) is 6.04 Å². The summed E-state index contributed by atoms with van der Waals surface area (Å²) >= 11 is 0. The molecule has 16 heavy (non-hydrogen) atoms. The number of halogens is 1. The zero-order chi connectivity index (χ0) is 11.2. The van der Waals surface area contributed by atoms with Crippen LogP contribution in [0.4, 0.5) is 4.39 Å². The number of hydrogen-bond donors (Lipinski definition) is 2. The van der Waals surface area contributed by atoms with Crippen LogP contribution in [-0.4, -0.2) is 17.7 Å². The van der Waals surface area contributed by atoms with Crippen molar-refractivity contribution in [1.29, 1.82) is 0 Å². The molecular weight excluding hydrogens is 205 g/mol. The molecule has 0 aromatic heterocycles. The quantitative estimate of drug-likeness (QED) is 0.756. The molecule has 86 valence electrons. The second-order valence-corrected chi connectivity index (χ2v) is 4.87. The zero-order valence-electron chi connectivity index (χ0n) is 9.17. The van der Waals surface area contributed by atoms with Crippen molar-refractivity contribution < 1.29 is 9.50 Å². The van der Waals surface area contributed by atoms with E-state index in [0.29, 0.717) is 6.42 Å². The van der Waals surface area contributed by atoms with E-state index in [-0.39, 0.29) is 11.9 Å². The monoisotopic (exact) mass is 221 g/mol. The summed E-state index contributed by atoms with van der Waals surface area (Å²) in [6, 6.07) is 4.89. The zero-order valence-corrected chi connectivity index (χ0v) is 9.17. The van der Waals surface area contributed by atoms with Gasteiger partial charge in [-0.3, -0.25) is 0 Å². The minimum absolute atomic E-state index is 0.138. The molecule has 1 aliphatic carbocycles. The van der Waals surface area contributed by atoms with E-state index in [2.05, 4.69) is 5.32 Å². The highest BCUT2D eigenvalue weighted by molar-refractivity contribution is 5.39. The topological polar surface area (TPSA) is 32.3 Å². The molecule has 1 aromatic carbocycles. The van der Waals surface area contributed by atoms with Crippen molar-refractivity contribution >= 4 is 0 Å². The predicted molar refractivity (Wildman–Crippen MR) is 59.6 cm³/mol. The standard InChI is InChI=1S/C13H16FNO/c14-10-3-4-11-9(8-10)5-6-13(11,16)12-2-1-7-15-12/h3-4,8,12,15-16H,1-2,5-7H2. The predicted octanol–water partition coefficient (Wildman–Crippen LogP) is 1.71. The molecular formula is C13H16FNO. The van der Waals surface area contributed by atoms with Gasteiger partial charge in [-0.05, 0) is 55.5 Å². The fourth-order valence-electron chi connectivity index (χ4n) is 3.11. The van der Waals surface area contributed by atoms with Gasteiger partial charge in [0.05, 0.1) is 0 Å². The van der Waals surface area contributed by atoms with Crippen LogP contribution in [0.25, 0.3) is 0 Å². The Morgan fingerprint density at radius 1 is 1.44 bits per heavy atom. The largest absolute Gasteiger partial charge is 0.384 e. The van der Waals surface area contributed by atoms with Crippen LogP contribution in [0.3, 0.4) is 0 Å². The number of rotatable bonds is 1. The Kier molecular flexibility index (Phi) is 2.26. The second kappa shape index (κ2) is 3.54. The van der Waals surface area contributed by atoms with E-state index < -0.39 is 5.60 Å². The minimum atomic E-state index is -0.778. The Morgan fingerprint density at radius 2 is 2.31 bits per heavy atom. The van der Waals surface area contributed by atoms with E-state index >= 15 is 0 Å². The molecule has 2 atom stereocenters. The van der Waals surface area contributed by atoms with Gasteiger partial charge < -0.3 is 10.4 Å². The van der Waals surface area contributed by atoms with Crippen LogP contribution in [-0.2, 0) is 12.0 Å². The molecule has 1 saturated heterocycles. The van der Waals surface area contributed by atoms with Crippen molar-refractivity contribution in [3.63, 3.8) is 0 Å². The number of hydrogen-bond acceptors (Lipinski definition) is 2. The number of fused-ring (bicyclic) bond motifs is 1. The molecule has 2 nitrogen and oxygen atoms in total. The highest BCUT2D eigenvalue weighted by Crippen LogP contribution is 2.41. The van der Waals surface area contributed by atoms with E-state index in [4.69, 9.17) is 0 Å². The van der Waals surface area contributed by atoms with Crippen LogP contribution >= 0.6 is 0 Å². The molecule has 2 unspecified atom stereocenters. The normalized spacial score (nSPS) is 33.0. The lowest BCUT2D eigenvalue weighted by atomic mass is 9.87. The van der Waals surface area contributed by atoms with E-state index in [1.165, 1.54) is 6.07 Å². The van der Waals surface area contributed by atoms with Crippen molar-refractivity contribution in [2.24, 2.45) is 0 Å². The van der Waals surface area contributed by atoms with Crippen LogP contribution in [0.2, 0.25) is 0 Å². The van der Waals surface area contributed by atoms with Crippen molar-refractivity contribution in [1.82, 2.24) is 5.32 Å². The molecule has 0 spiro atoms. The molecule has 1 aliphatic heterocycles. The molecule has 0 amide bonds. The second-order valence-electron chi connectivity index (χ2n) is 4.87. The minimum Gasteiger partial charge on any atom is -0.384 e. The molecule has 3 rings (SSSR count). The van der Waals surface area contributed by atoms with Gasteiger partial charge in [-0.15, -0.1) is 0 Å². The highest BCUT2D eigenvalue weighted by atomic mass is 19.1. The van der Waals surface area contributed by atoms with Gasteiger partial charge in [0.1, 0.15) is 11.4 Å². The fourth-order valence-corrected chi connectivity index (χ4v) is 3.11. The van der Waals surface area contributed by atoms with Gasteiger partial charge in [0.15, 0.2) is 0 Å². The molecule has 3 heteroatoms. The maximum Gasteiger partial charge on any atom is 0.123 e. The third kappa shape index (κ3) is 1.39. The first-order valence-electron chi connectivity index (χ1n) is 5.95. The van der Waals surface area contributed by atoms with Crippen molar-refractivity contribution in [2.45, 2.75) is 37.3 Å². The van der Waals surface area contributed by atoms with Gasteiger partial charge in [0.2, 0.25) is 0 Å². The summed E-state index contributed by atoms with van der Waals surface area (Å²) in [7, 11) is 0. The summed E-state index contributed by atoms with van der Waals surface area (Å²) in [6.07, 6.45) is 3.61. The lowest BCUT2D eigenvalue weighted by Gasteiger charge is -2.31. The summed E-state index contributed by atoms with van der Waals surface area (Å²) in [4.78, 5) is 0. The summed E-state index contributed by atoms with van der Waals surface area (Å²) in [5, 5.41) is 14.1. The molecule has 0 saturated carbocycles. The van der Waals surface area contributed by atoms with E-state index in [9.17, 15) is 9.50 Å². The van der Waals surface area contributed by atoms with Gasteiger partial charge in [-0.2, -0.15) is 0 Å². The number of benzene rings is 1. The van der Waals surface area contributed by atoms with E-state index in [0.717, 1.165) is 36.9 Å². The van der Waals surface area contributed by atoms with Crippen molar-refractivity contribution in [2.75, 3.05) is 6.54 Å². The first-order chi connectivity index (χ1) is 7.70. The van der Waals surface area contributed by atoms with Crippen LogP contribution in [0.1, 0.15) is 30.4 Å². The molecule has 1 heterocycles. The Morgan fingerprint density at radius 3 is 3.06 bits per heavy atom. The molecule has 0 radical (unpaired) electrons. The Bertz CT molecular complexity index is 414. The first-order valence-corrected chi connectivity index (χ1v) is 5.95. The third-order valence-electron chi connectivity index (χ3n) is 3.95. The Balaban J connectivity index is 2.00. The highest BCUT2D eigenvalue weighted by Gasteiger charge is 2.44. The molecule has 2 N–H and O–H groups in total. The molecule has 2 aliphatic rings. The van der Waals surface area contributed by atoms with Gasteiger partial charge in [-0.25, -0.2) is 4.39 Å². The van der Waals surface area contributed by atoms with Crippen LogP contribution in [0.5, 0.6) is 0 Å². The van der Waals surface area contributed by atoms with Crippen LogP contribution < -0.4 is 5.32 Å². The number of nitrogens with one attached hydrogen (secondary N) is 1. The Hall–Kier alpha value is -0.930.